The number of sulfone groups is 1. The lowest BCUT2D eigenvalue weighted by Crippen LogP contribution is -2.49. The molecule has 1 aromatic rings. The molecule has 2 saturated carbocycles. The van der Waals surface area contributed by atoms with Gasteiger partial charge in [-0.1, -0.05) is 26.7 Å². The van der Waals surface area contributed by atoms with Crippen LogP contribution < -0.4 is 10.2 Å². The Hall–Kier alpha value is -1.57. The number of benzene rings is 1. The molecule has 0 spiro atoms. The van der Waals surface area contributed by atoms with E-state index in [9.17, 15) is 34.8 Å². The summed E-state index contributed by atoms with van der Waals surface area (Å²) in [6, 6.07) is 3.14. The summed E-state index contributed by atoms with van der Waals surface area (Å²) in [7, 11) is -0.497. The van der Waals surface area contributed by atoms with E-state index < -0.39 is 44.4 Å². The maximum atomic E-state index is 14.0. The van der Waals surface area contributed by atoms with E-state index in [0.29, 0.717) is 6.42 Å². The largest absolute Gasteiger partial charge is 0.417 e. The van der Waals surface area contributed by atoms with Crippen LogP contribution in [0, 0.1) is 0 Å². The van der Waals surface area contributed by atoms with Crippen LogP contribution in [-0.2, 0) is 20.8 Å². The molecule has 3 fully saturated rings. The molecule has 0 amide bonds. The van der Waals surface area contributed by atoms with Crippen molar-refractivity contribution in [3.05, 3.63) is 23.8 Å². The minimum absolute atomic E-state index is 0.0470. The molecule has 0 unspecified atom stereocenters. The average Bonchev–Trinajstić information content (AvgIpc) is 3.58. The first-order valence-corrected chi connectivity index (χ1v) is 15.5. The Morgan fingerprint density at radius 1 is 0.900 bits per heavy atom. The van der Waals surface area contributed by atoms with Crippen molar-refractivity contribution in [1.82, 2.24) is 10.2 Å². The van der Waals surface area contributed by atoms with Crippen LogP contribution in [0.2, 0.25) is 0 Å². The molecule has 0 aromatic heterocycles. The lowest BCUT2D eigenvalue weighted by Gasteiger charge is -2.36. The normalized spacial score (nSPS) is 22.9. The quantitative estimate of drug-likeness (QED) is 0.409. The number of piperazine rings is 1. The van der Waals surface area contributed by atoms with Gasteiger partial charge >= 0.3 is 12.4 Å². The van der Waals surface area contributed by atoms with Gasteiger partial charge in [0, 0.05) is 31.9 Å². The molecule has 1 heterocycles. The molecule has 2 aliphatic carbocycles. The van der Waals surface area contributed by atoms with Gasteiger partial charge in [0.25, 0.3) is 0 Å². The molecule has 0 bridgehead atoms. The smallest absolute Gasteiger partial charge is 0.375 e. The summed E-state index contributed by atoms with van der Waals surface area (Å²) >= 11 is 0. The second kappa shape index (κ2) is 15.1. The Morgan fingerprint density at radius 3 is 2.00 bits per heavy atom. The van der Waals surface area contributed by atoms with E-state index in [0.717, 1.165) is 37.8 Å². The maximum absolute atomic E-state index is 14.0. The van der Waals surface area contributed by atoms with E-state index in [4.69, 9.17) is 4.74 Å². The molecule has 4 rings (SSSR count). The van der Waals surface area contributed by atoms with Crippen molar-refractivity contribution < 1.29 is 39.5 Å². The predicted octanol–water partition coefficient (Wildman–Crippen LogP) is 5.91. The Labute approximate surface area is 234 Å². The fourth-order valence-corrected chi connectivity index (χ4v) is 7.40. The van der Waals surface area contributed by atoms with Crippen LogP contribution in [0.5, 0.6) is 0 Å². The van der Waals surface area contributed by atoms with Gasteiger partial charge in [-0.3, -0.25) is 4.90 Å². The first kappa shape index (κ1) is 34.6. The number of nitrogens with zero attached hydrogens (tertiary/aromatic N) is 2. The average molecular weight is 604 g/mol. The number of anilines is 1. The molecule has 1 aliphatic heterocycles. The molecule has 3 aliphatic rings. The molecule has 6 nitrogen and oxygen atoms in total. The summed E-state index contributed by atoms with van der Waals surface area (Å²) in [6.07, 6.45) is -4.48. The fourth-order valence-electron chi connectivity index (χ4n) is 5.38. The van der Waals surface area contributed by atoms with Crippen molar-refractivity contribution >= 4 is 15.5 Å². The zero-order valence-electron chi connectivity index (χ0n) is 23.7. The van der Waals surface area contributed by atoms with Gasteiger partial charge in [0.2, 0.25) is 0 Å². The molecule has 232 valence electrons. The Morgan fingerprint density at radius 2 is 1.48 bits per heavy atom. The van der Waals surface area contributed by atoms with E-state index in [1.807, 2.05) is 27.9 Å². The van der Waals surface area contributed by atoms with Crippen LogP contribution in [0.4, 0.5) is 32.0 Å². The highest BCUT2D eigenvalue weighted by Gasteiger charge is 2.43. The number of rotatable bonds is 6. The third-order valence-corrected chi connectivity index (χ3v) is 9.45. The summed E-state index contributed by atoms with van der Waals surface area (Å²) in [5, 5.41) is 1.81. The lowest BCUT2D eigenvalue weighted by molar-refractivity contribution is -0.146. The standard InChI is InChI=1S/C23H30F6N2O3S.C2H7N.C2H6/c24-22(25,26)15-30-9-11-31(12-10-30)16-5-8-21(20(13-16)23(27,28)29)35(32,33)19-7-6-18(14-19)34-17-3-1-2-4-17;1-3-2;1-2/h5,8,13,17-19H,1-4,6-7,9-12,14-15H2;3H,1-2H3;1-2H3/t18-,19+;;/m0../s1. The summed E-state index contributed by atoms with van der Waals surface area (Å²) < 4.78 is 112. The molecule has 13 heteroatoms. The molecule has 1 saturated heterocycles. The fraction of sp³-hybridized carbons (Fsp3) is 0.778. The number of hydrogen-bond donors (Lipinski definition) is 1. The number of ether oxygens (including phenoxy) is 1. The Balaban J connectivity index is 0.00000105. The molecular formula is C27H43F6N3O3S. The van der Waals surface area contributed by atoms with E-state index in [2.05, 4.69) is 5.32 Å². The van der Waals surface area contributed by atoms with Gasteiger partial charge in [-0.15, -0.1) is 0 Å². The minimum Gasteiger partial charge on any atom is -0.375 e. The molecule has 40 heavy (non-hydrogen) atoms. The van der Waals surface area contributed by atoms with Gasteiger partial charge in [0.05, 0.1) is 34.5 Å². The number of halogens is 6. The lowest BCUT2D eigenvalue weighted by atomic mass is 10.1. The highest BCUT2D eigenvalue weighted by atomic mass is 32.2. The summed E-state index contributed by atoms with van der Waals surface area (Å²) in [5.74, 6) is 0. The topological polar surface area (TPSA) is 61.9 Å². The van der Waals surface area contributed by atoms with Crippen LogP contribution in [0.25, 0.3) is 0 Å². The summed E-state index contributed by atoms with van der Waals surface area (Å²) in [4.78, 5) is 2.01. The Bertz CT molecular complexity index is 1010. The summed E-state index contributed by atoms with van der Waals surface area (Å²) in [5.41, 5.74) is -1.08. The molecular weight excluding hydrogens is 560 g/mol. The van der Waals surface area contributed by atoms with Crippen molar-refractivity contribution in [2.24, 2.45) is 0 Å². The third kappa shape index (κ3) is 9.77. The highest BCUT2D eigenvalue weighted by molar-refractivity contribution is 7.92. The molecule has 0 radical (unpaired) electrons. The molecule has 2 atom stereocenters. The first-order valence-electron chi connectivity index (χ1n) is 14.0. The van der Waals surface area contributed by atoms with Crippen LogP contribution in [0.15, 0.2) is 23.1 Å². The van der Waals surface area contributed by atoms with E-state index in [1.165, 1.54) is 11.0 Å². The second-order valence-corrected chi connectivity index (χ2v) is 12.4. The minimum atomic E-state index is -4.89. The van der Waals surface area contributed by atoms with E-state index in [-0.39, 0.29) is 56.9 Å². The van der Waals surface area contributed by atoms with Gasteiger partial charge in [-0.2, -0.15) is 26.3 Å². The van der Waals surface area contributed by atoms with Crippen molar-refractivity contribution in [2.75, 3.05) is 51.7 Å². The first-order chi connectivity index (χ1) is 18.7. The van der Waals surface area contributed by atoms with E-state index >= 15 is 0 Å². The summed E-state index contributed by atoms with van der Waals surface area (Å²) in [6.45, 7) is 3.25. The third-order valence-electron chi connectivity index (χ3n) is 7.18. The Kier molecular flexibility index (Phi) is 13.0. The van der Waals surface area contributed by atoms with Gasteiger partial charge in [0.15, 0.2) is 9.84 Å². The van der Waals surface area contributed by atoms with Crippen LogP contribution >= 0.6 is 0 Å². The zero-order valence-corrected chi connectivity index (χ0v) is 24.6. The van der Waals surface area contributed by atoms with Gasteiger partial charge in [-0.25, -0.2) is 8.42 Å². The van der Waals surface area contributed by atoms with Crippen molar-refractivity contribution in [1.29, 1.82) is 0 Å². The molecule has 1 N–H and O–H groups in total. The van der Waals surface area contributed by atoms with Gasteiger partial charge in [0.1, 0.15) is 0 Å². The van der Waals surface area contributed by atoms with Gasteiger partial charge < -0.3 is 15.0 Å². The van der Waals surface area contributed by atoms with Crippen LogP contribution in [-0.4, -0.2) is 83.8 Å². The highest BCUT2D eigenvalue weighted by Crippen LogP contribution is 2.41. The number of nitrogens with one attached hydrogen (secondary N) is 1. The van der Waals surface area contributed by atoms with Crippen molar-refractivity contribution in [2.45, 2.75) is 93.5 Å². The monoisotopic (exact) mass is 603 g/mol. The van der Waals surface area contributed by atoms with E-state index in [1.54, 1.807) is 4.90 Å². The SMILES string of the molecule is CC.CNC.O=S(=O)(c1ccc(N2CCN(CC(F)(F)F)CC2)cc1C(F)(F)F)[C@@H]1CC[C@H](OC2CCCC2)C1. The van der Waals surface area contributed by atoms with Crippen LogP contribution in [0.1, 0.15) is 64.4 Å². The maximum Gasteiger partial charge on any atom is 0.417 e. The number of alkyl halides is 6. The van der Waals surface area contributed by atoms with Gasteiger partial charge in [-0.05, 0) is 64.4 Å². The predicted molar refractivity (Wildman–Crippen MR) is 144 cm³/mol. The number of hydrogen-bond acceptors (Lipinski definition) is 6. The van der Waals surface area contributed by atoms with Crippen molar-refractivity contribution in [3.63, 3.8) is 0 Å². The second-order valence-electron chi connectivity index (χ2n) is 10.2. The molecule has 1 aromatic carbocycles. The van der Waals surface area contributed by atoms with Crippen LogP contribution in [0.3, 0.4) is 0 Å². The zero-order chi connectivity index (χ0) is 30.1. The van der Waals surface area contributed by atoms with Crippen molar-refractivity contribution in [3.8, 4) is 0 Å².